The van der Waals surface area contributed by atoms with Gasteiger partial charge in [-0.1, -0.05) is 176 Å². The van der Waals surface area contributed by atoms with Crippen molar-refractivity contribution < 1.29 is 4.42 Å². The number of benzene rings is 12. The van der Waals surface area contributed by atoms with Crippen LogP contribution in [0.1, 0.15) is 0 Å². The van der Waals surface area contributed by atoms with Gasteiger partial charge in [0.1, 0.15) is 11.2 Å². The Hall–Kier alpha value is -9.94. The normalized spacial score (nSPS) is 11.6. The summed E-state index contributed by atoms with van der Waals surface area (Å²) in [5.41, 5.74) is 18.4. The highest BCUT2D eigenvalue weighted by molar-refractivity contribution is 7.26. The van der Waals surface area contributed by atoms with Crippen molar-refractivity contribution >= 4 is 109 Å². The molecule has 3 heterocycles. The van der Waals surface area contributed by atoms with Gasteiger partial charge in [0.2, 0.25) is 0 Å². The number of para-hydroxylation sites is 4. The number of furan rings is 1. The van der Waals surface area contributed by atoms with Gasteiger partial charge in [0.05, 0.1) is 11.0 Å². The first-order chi connectivity index (χ1) is 38.2. The Kier molecular flexibility index (Phi) is 10.7. The van der Waals surface area contributed by atoms with E-state index in [-0.39, 0.29) is 0 Å². The molecule has 3 aromatic heterocycles. The fourth-order valence-electron chi connectivity index (χ4n) is 11.6. The summed E-state index contributed by atoms with van der Waals surface area (Å²) in [6.45, 7) is 0. The number of nitrogens with zero attached hydrogens (tertiary/aromatic N) is 3. The van der Waals surface area contributed by atoms with Crippen LogP contribution in [0.15, 0.2) is 290 Å². The van der Waals surface area contributed by atoms with Crippen molar-refractivity contribution in [1.82, 2.24) is 4.57 Å². The first-order valence-corrected chi connectivity index (χ1v) is 27.0. The third kappa shape index (κ3) is 7.67. The lowest BCUT2D eigenvalue weighted by Gasteiger charge is -2.30. The minimum Gasteiger partial charge on any atom is -0.456 e. The molecule has 0 saturated carbocycles. The molecular formula is C72H47N3OS. The average molecular weight is 1000 g/mol. The molecule has 0 saturated heterocycles. The number of rotatable bonds is 10. The van der Waals surface area contributed by atoms with E-state index in [0.29, 0.717) is 0 Å². The van der Waals surface area contributed by atoms with Crippen molar-refractivity contribution in [3.63, 3.8) is 0 Å². The monoisotopic (exact) mass is 1000 g/mol. The lowest BCUT2D eigenvalue weighted by Crippen LogP contribution is -2.13. The van der Waals surface area contributed by atoms with Crippen LogP contribution in [-0.2, 0) is 0 Å². The first-order valence-electron chi connectivity index (χ1n) is 26.1. The predicted molar refractivity (Wildman–Crippen MR) is 327 cm³/mol. The van der Waals surface area contributed by atoms with Crippen LogP contribution in [0, 0.1) is 0 Å². The molecule has 15 rings (SSSR count). The van der Waals surface area contributed by atoms with Crippen LogP contribution in [0.2, 0.25) is 0 Å². The zero-order chi connectivity index (χ0) is 50.8. The fourth-order valence-corrected chi connectivity index (χ4v) is 12.8. The Labute approximate surface area is 449 Å². The molecule has 15 aromatic rings. The minimum atomic E-state index is 0.842. The Bertz CT molecular complexity index is 4660. The minimum absolute atomic E-state index is 0.842. The lowest BCUT2D eigenvalue weighted by atomic mass is 9.97. The van der Waals surface area contributed by atoms with E-state index >= 15 is 0 Å². The topological polar surface area (TPSA) is 24.6 Å². The summed E-state index contributed by atoms with van der Waals surface area (Å²) in [5, 5.41) is 7.11. The van der Waals surface area contributed by atoms with Crippen molar-refractivity contribution in [3.8, 4) is 39.1 Å². The van der Waals surface area contributed by atoms with E-state index in [1.807, 2.05) is 17.4 Å². The van der Waals surface area contributed by atoms with Gasteiger partial charge < -0.3 is 18.8 Å². The van der Waals surface area contributed by atoms with Gasteiger partial charge in [0.15, 0.2) is 0 Å². The van der Waals surface area contributed by atoms with E-state index in [1.54, 1.807) is 0 Å². The molecule has 0 aliphatic rings. The Morgan fingerprint density at radius 3 is 1.47 bits per heavy atom. The quantitative estimate of drug-likeness (QED) is 0.136. The van der Waals surface area contributed by atoms with Crippen LogP contribution in [0.3, 0.4) is 0 Å². The third-order valence-corrected chi connectivity index (χ3v) is 16.3. The summed E-state index contributed by atoms with van der Waals surface area (Å²) in [6.07, 6.45) is 0. The van der Waals surface area contributed by atoms with E-state index in [1.165, 1.54) is 69.8 Å². The molecule has 362 valence electrons. The smallest absolute Gasteiger partial charge is 0.137 e. The second-order valence-electron chi connectivity index (χ2n) is 19.7. The SMILES string of the molecule is c1ccc(-c2ccc(N(c3ccccc3)c3cc(-c4cc5c6ccccc6n(-c6ccc(-c7ccccc7)cc6)c5c5c4sc4ccccc45)cc(N(c4ccccc4)c4ccc5c(c4)oc4ccccc45)c3)cc2)cc1. The molecular weight excluding hydrogens is 955 g/mol. The Balaban J connectivity index is 1.01. The maximum atomic E-state index is 6.60. The van der Waals surface area contributed by atoms with Crippen LogP contribution in [0.4, 0.5) is 34.1 Å². The number of thiophene rings is 1. The summed E-state index contributed by atoms with van der Waals surface area (Å²) in [6, 6.07) is 103. The zero-order valence-corrected chi connectivity index (χ0v) is 42.6. The molecule has 0 aliphatic carbocycles. The summed E-state index contributed by atoms with van der Waals surface area (Å²) in [5.74, 6) is 0. The van der Waals surface area contributed by atoms with Gasteiger partial charge in [-0.15, -0.1) is 11.3 Å². The molecule has 0 radical (unpaired) electrons. The van der Waals surface area contributed by atoms with Crippen molar-refractivity contribution in [1.29, 1.82) is 0 Å². The molecule has 0 fully saturated rings. The van der Waals surface area contributed by atoms with Crippen LogP contribution in [-0.4, -0.2) is 4.57 Å². The van der Waals surface area contributed by atoms with Crippen LogP contribution in [0.25, 0.3) is 103 Å². The number of anilines is 6. The molecule has 0 atom stereocenters. The molecule has 4 nitrogen and oxygen atoms in total. The van der Waals surface area contributed by atoms with Crippen molar-refractivity contribution in [2.24, 2.45) is 0 Å². The number of aromatic nitrogens is 1. The van der Waals surface area contributed by atoms with Crippen molar-refractivity contribution in [2.45, 2.75) is 0 Å². The zero-order valence-electron chi connectivity index (χ0n) is 41.8. The van der Waals surface area contributed by atoms with Gasteiger partial charge in [0.25, 0.3) is 0 Å². The highest BCUT2D eigenvalue weighted by atomic mass is 32.1. The summed E-state index contributed by atoms with van der Waals surface area (Å²) < 4.78 is 11.6. The molecule has 0 aliphatic heterocycles. The standard InChI is InChI=1S/C72H47N3OS/c1-5-19-48(20-6-1)50-33-37-55(38-34-50)73(53-23-9-3-10-24-53)58-43-52(44-59(45-58)74(54-25-11-4-12-26-54)57-41-42-62-61-28-14-17-31-67(61)76-68(62)46-57)64-47-65-60-27-13-16-30-66(60)75(56-39-35-51(36-40-56)49-21-7-2-8-22-49)71(65)70-63-29-15-18-32-69(63)77-72(64)70/h1-47H. The summed E-state index contributed by atoms with van der Waals surface area (Å²) in [7, 11) is 0. The van der Waals surface area contributed by atoms with E-state index in [4.69, 9.17) is 4.42 Å². The average Bonchev–Trinajstić information content (AvgIpc) is 4.22. The van der Waals surface area contributed by atoms with E-state index in [2.05, 4.69) is 293 Å². The van der Waals surface area contributed by atoms with Crippen LogP contribution >= 0.6 is 11.3 Å². The van der Waals surface area contributed by atoms with Gasteiger partial charge in [-0.05, 0) is 131 Å². The summed E-state index contributed by atoms with van der Waals surface area (Å²) >= 11 is 1.88. The highest BCUT2D eigenvalue weighted by Gasteiger charge is 2.25. The molecule has 0 N–H and O–H groups in total. The Morgan fingerprint density at radius 1 is 0.312 bits per heavy atom. The van der Waals surface area contributed by atoms with Gasteiger partial charge in [0, 0.05) is 93.2 Å². The lowest BCUT2D eigenvalue weighted by molar-refractivity contribution is 0.669. The third-order valence-electron chi connectivity index (χ3n) is 15.1. The van der Waals surface area contributed by atoms with E-state index < -0.39 is 0 Å². The van der Waals surface area contributed by atoms with E-state index in [9.17, 15) is 0 Å². The second kappa shape index (κ2) is 18.5. The maximum Gasteiger partial charge on any atom is 0.137 e. The second-order valence-corrected chi connectivity index (χ2v) is 20.7. The van der Waals surface area contributed by atoms with E-state index in [0.717, 1.165) is 67.3 Å². The molecule has 0 unspecified atom stereocenters. The van der Waals surface area contributed by atoms with Gasteiger partial charge >= 0.3 is 0 Å². The van der Waals surface area contributed by atoms with Crippen LogP contribution in [0.5, 0.6) is 0 Å². The van der Waals surface area contributed by atoms with Gasteiger partial charge in [-0.25, -0.2) is 0 Å². The molecule has 0 spiro atoms. The fraction of sp³-hybridized carbons (Fsp3) is 0. The Morgan fingerprint density at radius 2 is 0.805 bits per heavy atom. The highest BCUT2D eigenvalue weighted by Crippen LogP contribution is 2.51. The number of hydrogen-bond donors (Lipinski definition) is 0. The molecule has 0 bridgehead atoms. The van der Waals surface area contributed by atoms with Crippen molar-refractivity contribution in [2.75, 3.05) is 9.80 Å². The molecule has 0 amide bonds. The predicted octanol–water partition coefficient (Wildman–Crippen LogP) is 21.0. The molecule has 5 heteroatoms. The van der Waals surface area contributed by atoms with Crippen molar-refractivity contribution in [3.05, 3.63) is 285 Å². The molecule has 77 heavy (non-hydrogen) atoms. The largest absolute Gasteiger partial charge is 0.456 e. The molecule has 12 aromatic carbocycles. The van der Waals surface area contributed by atoms with Crippen LogP contribution < -0.4 is 9.80 Å². The maximum absolute atomic E-state index is 6.60. The number of hydrogen-bond acceptors (Lipinski definition) is 4. The van der Waals surface area contributed by atoms with Gasteiger partial charge in [-0.3, -0.25) is 0 Å². The first kappa shape index (κ1) is 44.5. The number of fused-ring (bicyclic) bond motifs is 10. The summed E-state index contributed by atoms with van der Waals surface area (Å²) in [4.78, 5) is 4.78. The van der Waals surface area contributed by atoms with Gasteiger partial charge in [-0.2, -0.15) is 0 Å².